The quantitative estimate of drug-likeness (QED) is 0.273. The maximum absolute atomic E-state index is 14.3. The molecule has 5 atom stereocenters. The largest absolute Gasteiger partial charge is 0.472 e. The van der Waals surface area contributed by atoms with Crippen molar-refractivity contribution in [2.24, 2.45) is 5.92 Å². The van der Waals surface area contributed by atoms with E-state index < -0.39 is 63.5 Å². The SMILES string of the molecule is C=C[C@@H]1CC1(NC(=O)[C@@H]1C[C@@H]2CN1C(=O)[C@H](CCCC)NC(=O)OCCCCCc1ccc3ccnc(c3c1)O2)C(=O)NS(=O)(=O)c1ccccc1. The van der Waals surface area contributed by atoms with Gasteiger partial charge in [-0.1, -0.05) is 56.2 Å². The van der Waals surface area contributed by atoms with Gasteiger partial charge in [0.1, 0.15) is 23.7 Å². The average molecular weight is 732 g/mol. The molecule has 0 radical (unpaired) electrons. The minimum Gasteiger partial charge on any atom is -0.472 e. The van der Waals surface area contributed by atoms with Crippen molar-refractivity contribution < 1.29 is 37.1 Å². The van der Waals surface area contributed by atoms with E-state index in [9.17, 15) is 27.6 Å². The van der Waals surface area contributed by atoms with E-state index in [2.05, 4.69) is 33.0 Å². The van der Waals surface area contributed by atoms with Crippen LogP contribution in [0.1, 0.15) is 63.9 Å². The third kappa shape index (κ3) is 8.06. The van der Waals surface area contributed by atoms with Crippen molar-refractivity contribution >= 4 is 44.6 Å². The van der Waals surface area contributed by atoms with Gasteiger partial charge in [-0.3, -0.25) is 14.4 Å². The fourth-order valence-electron chi connectivity index (χ4n) is 7.00. The molecule has 1 saturated heterocycles. The summed E-state index contributed by atoms with van der Waals surface area (Å²) in [6, 6.07) is 13.4. The first-order valence-corrected chi connectivity index (χ1v) is 19.4. The van der Waals surface area contributed by atoms with Crippen molar-refractivity contribution in [3.8, 4) is 5.88 Å². The molecule has 2 aromatic carbocycles. The molecule has 3 N–H and O–H groups in total. The predicted molar refractivity (Wildman–Crippen MR) is 193 cm³/mol. The van der Waals surface area contributed by atoms with Gasteiger partial charge in [-0.05, 0) is 73.7 Å². The number of fused-ring (bicyclic) bond motifs is 3. The number of nitrogens with zero attached hydrogens (tertiary/aromatic N) is 2. The summed E-state index contributed by atoms with van der Waals surface area (Å²) in [5, 5.41) is 7.26. The lowest BCUT2D eigenvalue weighted by Gasteiger charge is -2.29. The number of cyclic esters (lactones) is 1. The van der Waals surface area contributed by atoms with Crippen LogP contribution in [0.3, 0.4) is 0 Å². The molecule has 2 fully saturated rings. The Hall–Kier alpha value is -4.98. The summed E-state index contributed by atoms with van der Waals surface area (Å²) in [6.45, 7) is 5.95. The molecule has 2 aliphatic heterocycles. The Morgan fingerprint density at radius 1 is 1.12 bits per heavy atom. The van der Waals surface area contributed by atoms with Gasteiger partial charge in [0, 0.05) is 23.9 Å². The van der Waals surface area contributed by atoms with E-state index in [1.165, 1.54) is 35.2 Å². The first-order chi connectivity index (χ1) is 25.0. The van der Waals surface area contributed by atoms with E-state index >= 15 is 0 Å². The third-order valence-electron chi connectivity index (χ3n) is 10.0. The van der Waals surface area contributed by atoms with Crippen LogP contribution in [0, 0.1) is 5.92 Å². The Labute approximate surface area is 303 Å². The summed E-state index contributed by atoms with van der Waals surface area (Å²) < 4.78 is 40.2. The lowest BCUT2D eigenvalue weighted by atomic mass is 10.0. The summed E-state index contributed by atoms with van der Waals surface area (Å²) in [5.74, 6) is -2.24. The predicted octanol–water partition coefficient (Wildman–Crippen LogP) is 4.16. The number of aryl methyl sites for hydroxylation is 1. The minimum absolute atomic E-state index is 0.000497. The summed E-state index contributed by atoms with van der Waals surface area (Å²) in [4.78, 5) is 60.9. The van der Waals surface area contributed by atoms with Gasteiger partial charge in [0.2, 0.25) is 17.7 Å². The number of amides is 4. The van der Waals surface area contributed by atoms with Crippen molar-refractivity contribution in [1.82, 2.24) is 25.2 Å². The molecule has 4 amide bonds. The fourth-order valence-corrected chi connectivity index (χ4v) is 8.06. The van der Waals surface area contributed by atoms with Gasteiger partial charge < -0.3 is 25.0 Å². The van der Waals surface area contributed by atoms with Crippen molar-refractivity contribution in [3.05, 3.63) is 79.0 Å². The highest BCUT2D eigenvalue weighted by atomic mass is 32.2. The zero-order valence-electron chi connectivity index (χ0n) is 29.2. The topological polar surface area (TPSA) is 173 Å². The number of hydrogen-bond donors (Lipinski definition) is 3. The van der Waals surface area contributed by atoms with Gasteiger partial charge in [0.25, 0.3) is 15.9 Å². The number of carbonyl (C=O) groups is 4. The first kappa shape index (κ1) is 36.8. The molecular weight excluding hydrogens is 687 g/mol. The molecule has 14 heteroatoms. The highest BCUT2D eigenvalue weighted by molar-refractivity contribution is 7.90. The summed E-state index contributed by atoms with van der Waals surface area (Å²) in [7, 11) is -4.24. The van der Waals surface area contributed by atoms with Crippen molar-refractivity contribution in [2.45, 2.75) is 93.3 Å². The number of hydrogen-bond acceptors (Lipinski definition) is 9. The van der Waals surface area contributed by atoms with Crippen LogP contribution in [-0.4, -0.2) is 79.0 Å². The normalized spacial score (nSPS) is 25.2. The molecule has 52 heavy (non-hydrogen) atoms. The average Bonchev–Trinajstić information content (AvgIpc) is 3.70. The lowest BCUT2D eigenvalue weighted by Crippen LogP contribution is -2.58. The Kier molecular flexibility index (Phi) is 11.1. The second-order valence-corrected chi connectivity index (χ2v) is 15.4. The van der Waals surface area contributed by atoms with Crippen molar-refractivity contribution in [2.75, 3.05) is 13.2 Å². The maximum Gasteiger partial charge on any atom is 0.407 e. The van der Waals surface area contributed by atoms with E-state index in [-0.39, 0.29) is 30.9 Å². The highest BCUT2D eigenvalue weighted by Gasteiger charge is 2.61. The van der Waals surface area contributed by atoms with E-state index in [1.807, 2.05) is 25.1 Å². The molecule has 276 valence electrons. The van der Waals surface area contributed by atoms with E-state index in [0.717, 1.165) is 42.0 Å². The number of alkyl carbamates (subject to hydrolysis) is 1. The lowest BCUT2D eigenvalue weighted by molar-refractivity contribution is -0.141. The number of carbonyl (C=O) groups excluding carboxylic acids is 4. The second-order valence-electron chi connectivity index (χ2n) is 13.7. The van der Waals surface area contributed by atoms with Gasteiger partial charge in [-0.15, -0.1) is 6.58 Å². The molecule has 3 heterocycles. The van der Waals surface area contributed by atoms with Crippen LogP contribution in [0.5, 0.6) is 5.88 Å². The summed E-state index contributed by atoms with van der Waals surface area (Å²) >= 11 is 0. The van der Waals surface area contributed by atoms with Crippen LogP contribution in [0.4, 0.5) is 4.79 Å². The van der Waals surface area contributed by atoms with Gasteiger partial charge in [-0.25, -0.2) is 22.9 Å². The molecule has 1 aliphatic carbocycles. The van der Waals surface area contributed by atoms with Crippen LogP contribution in [-0.2, 0) is 35.6 Å². The van der Waals surface area contributed by atoms with Gasteiger partial charge in [0.05, 0.1) is 18.0 Å². The molecule has 3 aromatic rings. The zero-order chi connectivity index (χ0) is 36.9. The molecule has 1 unspecified atom stereocenters. The maximum atomic E-state index is 14.3. The van der Waals surface area contributed by atoms with Crippen LogP contribution in [0.2, 0.25) is 0 Å². The number of ether oxygens (including phenoxy) is 2. The third-order valence-corrected chi connectivity index (χ3v) is 11.4. The van der Waals surface area contributed by atoms with Crippen LogP contribution < -0.4 is 20.1 Å². The summed E-state index contributed by atoms with van der Waals surface area (Å²) in [5.41, 5.74) is -0.499. The van der Waals surface area contributed by atoms with Gasteiger partial charge in [-0.2, -0.15) is 0 Å². The van der Waals surface area contributed by atoms with Crippen molar-refractivity contribution in [3.63, 3.8) is 0 Å². The number of aromatic nitrogens is 1. The molecule has 1 saturated carbocycles. The minimum atomic E-state index is -4.24. The molecule has 1 aromatic heterocycles. The number of pyridine rings is 1. The smallest absolute Gasteiger partial charge is 0.407 e. The molecular formula is C38H45N5O8S. The number of benzene rings is 2. The van der Waals surface area contributed by atoms with Crippen LogP contribution >= 0.6 is 0 Å². The van der Waals surface area contributed by atoms with E-state index in [1.54, 1.807) is 12.3 Å². The fraction of sp³-hybridized carbons (Fsp3) is 0.447. The summed E-state index contributed by atoms with van der Waals surface area (Å²) in [6.07, 6.45) is 6.85. The molecule has 0 spiro atoms. The van der Waals surface area contributed by atoms with Crippen molar-refractivity contribution in [1.29, 1.82) is 0 Å². The van der Waals surface area contributed by atoms with Crippen LogP contribution in [0.15, 0.2) is 78.3 Å². The highest BCUT2D eigenvalue weighted by Crippen LogP contribution is 2.45. The Morgan fingerprint density at radius 3 is 2.67 bits per heavy atom. The Balaban J connectivity index is 1.30. The number of nitrogens with one attached hydrogen (secondary N) is 3. The molecule has 13 nitrogen and oxygen atoms in total. The monoisotopic (exact) mass is 731 g/mol. The standard InChI is InChI=1S/C38H45N5O8S/c1-3-5-15-31-35(45)43-24-28(51-34-30-21-25(16-17-26(30)18-19-39-34)12-8-7-11-20-50-37(47)40-31)22-32(43)33(44)41-38(23-27(38)4-2)36(46)42-52(48,49)29-13-9-6-10-14-29/h4,6,9-10,13-14,16-19,21,27-28,31-32H,2-3,5,7-8,11-12,15,20,22-24H2,1H3,(H,40,47)(H,41,44)(H,42,46)/t27-,28-,31+,32+,38?/m1/s1. The molecule has 6 rings (SSSR count). The first-order valence-electron chi connectivity index (χ1n) is 17.9. The van der Waals surface area contributed by atoms with E-state index in [4.69, 9.17) is 9.47 Å². The van der Waals surface area contributed by atoms with Gasteiger partial charge in [0.15, 0.2) is 0 Å². The Bertz CT molecular complexity index is 1940. The number of rotatable bonds is 9. The molecule has 4 bridgehead atoms. The number of sulfonamides is 1. The Morgan fingerprint density at radius 2 is 1.92 bits per heavy atom. The van der Waals surface area contributed by atoms with E-state index in [0.29, 0.717) is 25.1 Å². The second kappa shape index (κ2) is 15.7. The van der Waals surface area contributed by atoms with Crippen LogP contribution in [0.25, 0.3) is 10.8 Å². The zero-order valence-corrected chi connectivity index (χ0v) is 30.0. The number of unbranched alkanes of at least 4 members (excludes halogenated alkanes) is 1. The molecule has 3 aliphatic rings. The van der Waals surface area contributed by atoms with Gasteiger partial charge >= 0.3 is 6.09 Å².